The van der Waals surface area contributed by atoms with Crippen molar-refractivity contribution >= 4 is 5.91 Å². The number of carbonyl (C=O) groups is 1. The van der Waals surface area contributed by atoms with Crippen molar-refractivity contribution < 1.29 is 13.6 Å². The van der Waals surface area contributed by atoms with Gasteiger partial charge in [-0.1, -0.05) is 0 Å². The molecule has 1 saturated carbocycles. The van der Waals surface area contributed by atoms with Crippen molar-refractivity contribution in [1.82, 2.24) is 5.32 Å². The Morgan fingerprint density at radius 2 is 2.06 bits per heavy atom. The molecule has 1 atom stereocenters. The van der Waals surface area contributed by atoms with E-state index in [1.807, 2.05) is 6.92 Å². The van der Waals surface area contributed by atoms with Crippen molar-refractivity contribution in [3.8, 4) is 0 Å². The lowest BCUT2D eigenvalue weighted by molar-refractivity contribution is -0.129. The van der Waals surface area contributed by atoms with Crippen LogP contribution in [0.1, 0.15) is 45.4 Å². The van der Waals surface area contributed by atoms with Gasteiger partial charge in [0.25, 0.3) is 0 Å². The van der Waals surface area contributed by atoms with E-state index in [0.29, 0.717) is 19.4 Å². The highest BCUT2D eigenvalue weighted by atomic mass is 19.3. The van der Waals surface area contributed by atoms with E-state index in [0.717, 1.165) is 12.8 Å². The molecule has 0 aromatic heterocycles. The summed E-state index contributed by atoms with van der Waals surface area (Å²) in [5.41, 5.74) is 5.38. The van der Waals surface area contributed by atoms with Gasteiger partial charge >= 0.3 is 0 Å². The minimum atomic E-state index is -2.57. The van der Waals surface area contributed by atoms with E-state index in [-0.39, 0.29) is 30.7 Å². The number of hydrogen-bond acceptors (Lipinski definition) is 2. The SMILES string of the molecule is CC(CCCN)NC(=O)C1CCC(F)(F)CC1. The average Bonchev–Trinajstić information content (AvgIpc) is 2.26. The van der Waals surface area contributed by atoms with Crippen LogP contribution in [-0.4, -0.2) is 24.4 Å². The Kier molecular flexibility index (Phi) is 5.31. The summed E-state index contributed by atoms with van der Waals surface area (Å²) in [6, 6.07) is 0.0773. The van der Waals surface area contributed by atoms with E-state index >= 15 is 0 Å². The predicted molar refractivity (Wildman–Crippen MR) is 62.8 cm³/mol. The Labute approximate surface area is 101 Å². The zero-order valence-corrected chi connectivity index (χ0v) is 10.3. The molecular weight excluding hydrogens is 226 g/mol. The first-order valence-electron chi connectivity index (χ1n) is 6.33. The van der Waals surface area contributed by atoms with E-state index in [1.54, 1.807) is 0 Å². The Balaban J connectivity index is 2.29. The highest BCUT2D eigenvalue weighted by molar-refractivity contribution is 5.79. The van der Waals surface area contributed by atoms with Gasteiger partial charge < -0.3 is 11.1 Å². The topological polar surface area (TPSA) is 55.1 Å². The van der Waals surface area contributed by atoms with Crippen LogP contribution in [0.2, 0.25) is 0 Å². The molecule has 5 heteroatoms. The molecule has 0 spiro atoms. The molecule has 0 heterocycles. The number of carbonyl (C=O) groups excluding carboxylic acids is 1. The lowest BCUT2D eigenvalue weighted by Crippen LogP contribution is -2.40. The highest BCUT2D eigenvalue weighted by Gasteiger charge is 2.37. The van der Waals surface area contributed by atoms with Gasteiger partial charge in [-0.05, 0) is 39.2 Å². The van der Waals surface area contributed by atoms with Crippen LogP contribution >= 0.6 is 0 Å². The average molecular weight is 248 g/mol. The maximum Gasteiger partial charge on any atom is 0.248 e. The van der Waals surface area contributed by atoms with E-state index in [2.05, 4.69) is 5.32 Å². The third-order valence-electron chi connectivity index (χ3n) is 3.32. The summed E-state index contributed by atoms with van der Waals surface area (Å²) in [5.74, 6) is -2.89. The summed E-state index contributed by atoms with van der Waals surface area (Å²) in [5, 5.41) is 2.87. The summed E-state index contributed by atoms with van der Waals surface area (Å²) in [6.45, 7) is 2.53. The van der Waals surface area contributed by atoms with Gasteiger partial charge in [-0.3, -0.25) is 4.79 Å². The molecule has 1 aliphatic rings. The molecule has 17 heavy (non-hydrogen) atoms. The second-order valence-electron chi connectivity index (χ2n) is 4.97. The van der Waals surface area contributed by atoms with E-state index in [1.165, 1.54) is 0 Å². The zero-order chi connectivity index (χ0) is 12.9. The fourth-order valence-electron chi connectivity index (χ4n) is 2.16. The largest absolute Gasteiger partial charge is 0.353 e. The first-order valence-corrected chi connectivity index (χ1v) is 6.33. The van der Waals surface area contributed by atoms with Gasteiger partial charge in [-0.25, -0.2) is 8.78 Å². The molecule has 3 nitrogen and oxygen atoms in total. The number of alkyl halides is 2. The zero-order valence-electron chi connectivity index (χ0n) is 10.3. The maximum absolute atomic E-state index is 12.9. The normalized spacial score (nSPS) is 22.1. The second-order valence-corrected chi connectivity index (χ2v) is 4.97. The van der Waals surface area contributed by atoms with Crippen molar-refractivity contribution in [3.63, 3.8) is 0 Å². The van der Waals surface area contributed by atoms with Gasteiger partial charge in [0.15, 0.2) is 0 Å². The molecule has 1 fully saturated rings. The Morgan fingerprint density at radius 1 is 1.47 bits per heavy atom. The quantitative estimate of drug-likeness (QED) is 0.782. The van der Waals surface area contributed by atoms with Crippen LogP contribution < -0.4 is 11.1 Å². The lowest BCUT2D eigenvalue weighted by atomic mass is 9.86. The second kappa shape index (κ2) is 6.28. The summed E-state index contributed by atoms with van der Waals surface area (Å²) in [4.78, 5) is 11.8. The van der Waals surface area contributed by atoms with Crippen LogP contribution in [0.5, 0.6) is 0 Å². The molecule has 0 aromatic carbocycles. The molecule has 3 N–H and O–H groups in total. The van der Waals surface area contributed by atoms with Crippen molar-refractivity contribution in [2.75, 3.05) is 6.54 Å². The lowest BCUT2D eigenvalue weighted by Gasteiger charge is -2.28. The van der Waals surface area contributed by atoms with Crippen molar-refractivity contribution in [2.24, 2.45) is 11.7 Å². The Morgan fingerprint density at radius 3 is 2.59 bits per heavy atom. The molecule has 0 aromatic rings. The number of hydrogen-bond donors (Lipinski definition) is 2. The molecule has 1 aliphatic carbocycles. The summed E-state index contributed by atoms with van der Waals surface area (Å²) in [6.07, 6.45) is 1.96. The summed E-state index contributed by atoms with van der Waals surface area (Å²) >= 11 is 0. The van der Waals surface area contributed by atoms with Crippen LogP contribution in [0.15, 0.2) is 0 Å². The van der Waals surface area contributed by atoms with Crippen molar-refractivity contribution in [1.29, 1.82) is 0 Å². The third kappa shape index (κ3) is 4.98. The molecule has 100 valence electrons. The minimum absolute atomic E-state index is 0.0773. The molecule has 1 unspecified atom stereocenters. The highest BCUT2D eigenvalue weighted by Crippen LogP contribution is 2.36. The molecular formula is C12H22F2N2O. The van der Waals surface area contributed by atoms with Crippen LogP contribution in [0, 0.1) is 5.92 Å². The molecule has 0 aliphatic heterocycles. The van der Waals surface area contributed by atoms with Gasteiger partial charge in [0.2, 0.25) is 11.8 Å². The van der Waals surface area contributed by atoms with Crippen LogP contribution in [-0.2, 0) is 4.79 Å². The van der Waals surface area contributed by atoms with Gasteiger partial charge in [0, 0.05) is 24.8 Å². The first-order chi connectivity index (χ1) is 7.94. The van der Waals surface area contributed by atoms with Crippen LogP contribution in [0.25, 0.3) is 0 Å². The number of halogens is 2. The summed E-state index contributed by atoms with van der Waals surface area (Å²) in [7, 11) is 0. The monoisotopic (exact) mass is 248 g/mol. The maximum atomic E-state index is 12.9. The number of rotatable bonds is 5. The number of amides is 1. The molecule has 1 rings (SSSR count). The van der Waals surface area contributed by atoms with E-state index < -0.39 is 5.92 Å². The Bertz CT molecular complexity index is 249. The van der Waals surface area contributed by atoms with Crippen LogP contribution in [0.3, 0.4) is 0 Å². The smallest absolute Gasteiger partial charge is 0.248 e. The fourth-order valence-corrected chi connectivity index (χ4v) is 2.16. The third-order valence-corrected chi connectivity index (χ3v) is 3.32. The minimum Gasteiger partial charge on any atom is -0.353 e. The molecule has 0 radical (unpaired) electrons. The van der Waals surface area contributed by atoms with Gasteiger partial charge in [0.1, 0.15) is 0 Å². The standard InChI is InChI=1S/C12H22F2N2O/c1-9(3-2-8-15)16-11(17)10-4-6-12(13,14)7-5-10/h9-10H,2-8,15H2,1H3,(H,16,17). The van der Waals surface area contributed by atoms with Crippen LogP contribution in [0.4, 0.5) is 8.78 Å². The van der Waals surface area contributed by atoms with Crippen molar-refractivity contribution in [3.05, 3.63) is 0 Å². The van der Waals surface area contributed by atoms with Gasteiger partial charge in [0.05, 0.1) is 0 Å². The number of nitrogens with one attached hydrogen (secondary N) is 1. The Hall–Kier alpha value is -0.710. The fraction of sp³-hybridized carbons (Fsp3) is 0.917. The molecule has 1 amide bonds. The molecule has 0 bridgehead atoms. The number of nitrogens with two attached hydrogens (primary N) is 1. The van der Waals surface area contributed by atoms with Crippen molar-refractivity contribution in [2.45, 2.75) is 57.4 Å². The van der Waals surface area contributed by atoms with Gasteiger partial charge in [-0.15, -0.1) is 0 Å². The van der Waals surface area contributed by atoms with Gasteiger partial charge in [-0.2, -0.15) is 0 Å². The van der Waals surface area contributed by atoms with E-state index in [4.69, 9.17) is 5.73 Å². The van der Waals surface area contributed by atoms with E-state index in [9.17, 15) is 13.6 Å². The molecule has 0 saturated heterocycles. The predicted octanol–water partition coefficient (Wildman–Crippen LogP) is 2.06. The summed E-state index contributed by atoms with van der Waals surface area (Å²) < 4.78 is 25.8. The first kappa shape index (κ1) is 14.4.